The zero-order chi connectivity index (χ0) is 23.5. The number of fused-ring (bicyclic) bond motifs is 1. The first-order valence-electron chi connectivity index (χ1n) is 10.3. The monoisotopic (exact) mass is 489 g/mol. The average molecular weight is 490 g/mol. The Morgan fingerprint density at radius 2 is 1.76 bits per heavy atom. The summed E-state index contributed by atoms with van der Waals surface area (Å²) >= 11 is 12.4. The number of nitrogens with zero attached hydrogens (tertiary/aromatic N) is 1. The van der Waals surface area contributed by atoms with Gasteiger partial charge in [-0.2, -0.15) is 0 Å². The van der Waals surface area contributed by atoms with E-state index in [0.29, 0.717) is 35.2 Å². The van der Waals surface area contributed by atoms with Gasteiger partial charge in [0, 0.05) is 22.2 Å². The van der Waals surface area contributed by atoms with Gasteiger partial charge in [0.1, 0.15) is 11.6 Å². The normalized spacial score (nSPS) is 15.1. The minimum Gasteiger partial charge on any atom is -0.493 e. The second-order valence-corrected chi connectivity index (χ2v) is 8.37. The highest BCUT2D eigenvalue weighted by molar-refractivity contribution is 6.31. The van der Waals surface area contributed by atoms with Crippen molar-refractivity contribution in [3.05, 3.63) is 87.2 Å². The van der Waals surface area contributed by atoms with Crippen LogP contribution >= 0.6 is 23.2 Å². The Bertz CT molecular complexity index is 1150. The lowest BCUT2D eigenvalue weighted by atomic mass is 9.87. The molecule has 1 heterocycles. The van der Waals surface area contributed by atoms with E-state index in [9.17, 15) is 4.79 Å². The van der Waals surface area contributed by atoms with Gasteiger partial charge in [0.25, 0.3) is 5.91 Å². The Kier molecular flexibility index (Phi) is 6.96. The molecular weight excluding hydrogens is 468 g/mol. The quantitative estimate of drug-likeness (QED) is 0.445. The summed E-state index contributed by atoms with van der Waals surface area (Å²) in [5.41, 5.74) is 1.89. The molecule has 1 aliphatic rings. The van der Waals surface area contributed by atoms with Gasteiger partial charge in [0.15, 0.2) is 18.1 Å². The smallest absolute Gasteiger partial charge is 0.261 e. The van der Waals surface area contributed by atoms with Crippen molar-refractivity contribution in [2.75, 3.05) is 27.4 Å². The highest BCUT2D eigenvalue weighted by atomic mass is 35.5. The topological polar surface area (TPSA) is 48.0 Å². The molecule has 0 spiro atoms. The Morgan fingerprint density at radius 1 is 1.06 bits per heavy atom. The third-order valence-corrected chi connectivity index (χ3v) is 6.22. The van der Waals surface area contributed by atoms with Crippen molar-refractivity contribution in [2.24, 2.45) is 0 Å². The largest absolute Gasteiger partial charge is 0.493 e. The number of hydrogen-bond acceptors (Lipinski definition) is 4. The third kappa shape index (κ3) is 4.72. The van der Waals surface area contributed by atoms with Crippen LogP contribution < -0.4 is 14.2 Å². The fraction of sp³-hybridized carbons (Fsp3) is 0.240. The summed E-state index contributed by atoms with van der Waals surface area (Å²) in [5.74, 6) is 0.777. The summed E-state index contributed by atoms with van der Waals surface area (Å²) in [6, 6.07) is 14.1. The Hall–Kier alpha value is -2.96. The molecule has 4 rings (SSSR count). The SMILES string of the molecule is COc1cc2c(cc1OC)[C@@H](c1c(F)cccc1Cl)N(C(=O)COc1ccc(Cl)cc1)CC2. The maximum Gasteiger partial charge on any atom is 0.261 e. The molecule has 0 aromatic heterocycles. The average Bonchev–Trinajstić information content (AvgIpc) is 2.82. The van der Waals surface area contributed by atoms with Gasteiger partial charge in [-0.25, -0.2) is 4.39 Å². The summed E-state index contributed by atoms with van der Waals surface area (Å²) < 4.78 is 31.6. The van der Waals surface area contributed by atoms with Crippen LogP contribution in [0.2, 0.25) is 10.0 Å². The molecule has 33 heavy (non-hydrogen) atoms. The lowest BCUT2D eigenvalue weighted by Gasteiger charge is -2.38. The Morgan fingerprint density at radius 3 is 2.42 bits per heavy atom. The Labute approximate surface area is 201 Å². The number of carbonyl (C=O) groups is 1. The molecule has 0 saturated heterocycles. The lowest BCUT2D eigenvalue weighted by Crippen LogP contribution is -2.43. The molecule has 0 fully saturated rings. The molecule has 0 aliphatic carbocycles. The van der Waals surface area contributed by atoms with E-state index < -0.39 is 11.9 Å². The highest BCUT2D eigenvalue weighted by Crippen LogP contribution is 2.43. The molecule has 0 unspecified atom stereocenters. The van der Waals surface area contributed by atoms with E-state index in [2.05, 4.69) is 0 Å². The minimum atomic E-state index is -0.747. The molecule has 1 amide bonds. The van der Waals surface area contributed by atoms with Crippen LogP contribution in [0.25, 0.3) is 0 Å². The van der Waals surface area contributed by atoms with Crippen molar-refractivity contribution in [3.63, 3.8) is 0 Å². The van der Waals surface area contributed by atoms with Crippen LogP contribution in [0.3, 0.4) is 0 Å². The van der Waals surface area contributed by atoms with Crippen LogP contribution in [-0.4, -0.2) is 38.2 Å². The number of ether oxygens (including phenoxy) is 3. The minimum absolute atomic E-state index is 0.215. The molecule has 1 aliphatic heterocycles. The van der Waals surface area contributed by atoms with Crippen molar-refractivity contribution >= 4 is 29.1 Å². The van der Waals surface area contributed by atoms with E-state index in [1.807, 2.05) is 6.07 Å². The molecule has 0 bridgehead atoms. The van der Waals surface area contributed by atoms with Gasteiger partial charge in [0.2, 0.25) is 0 Å². The van der Waals surface area contributed by atoms with Crippen LogP contribution in [0, 0.1) is 5.82 Å². The van der Waals surface area contributed by atoms with Crippen molar-refractivity contribution in [2.45, 2.75) is 12.5 Å². The van der Waals surface area contributed by atoms with Crippen LogP contribution in [0.15, 0.2) is 54.6 Å². The fourth-order valence-corrected chi connectivity index (χ4v) is 4.45. The van der Waals surface area contributed by atoms with Crippen LogP contribution in [-0.2, 0) is 11.2 Å². The predicted octanol–water partition coefficient (Wildman–Crippen LogP) is 5.70. The predicted molar refractivity (Wildman–Crippen MR) is 125 cm³/mol. The van der Waals surface area contributed by atoms with Crippen LogP contribution in [0.4, 0.5) is 4.39 Å². The van der Waals surface area contributed by atoms with Gasteiger partial charge in [-0.3, -0.25) is 4.79 Å². The molecule has 172 valence electrons. The number of rotatable bonds is 6. The first kappa shape index (κ1) is 23.2. The standard InChI is InChI=1S/C25H22Cl2FNO4/c1-31-21-12-15-10-11-29(23(30)14-33-17-8-6-16(26)7-9-17)25(18(15)13-22(21)32-2)24-19(27)4-3-5-20(24)28/h3-9,12-13,25H,10-11,14H2,1-2H3/t25-/m0/s1. The highest BCUT2D eigenvalue weighted by Gasteiger charge is 2.36. The molecule has 8 heteroatoms. The van der Waals surface area contributed by atoms with Crippen LogP contribution in [0.5, 0.6) is 17.2 Å². The van der Waals surface area contributed by atoms with Gasteiger partial charge in [-0.05, 0) is 66.1 Å². The maximum atomic E-state index is 15.1. The second kappa shape index (κ2) is 9.89. The second-order valence-electron chi connectivity index (χ2n) is 7.52. The Balaban J connectivity index is 1.73. The third-order valence-electron chi connectivity index (χ3n) is 5.64. The van der Waals surface area contributed by atoms with E-state index in [0.717, 1.165) is 11.1 Å². The van der Waals surface area contributed by atoms with Gasteiger partial charge in [-0.15, -0.1) is 0 Å². The number of methoxy groups -OCH3 is 2. The van der Waals surface area contributed by atoms with Gasteiger partial charge in [0.05, 0.1) is 20.3 Å². The summed E-state index contributed by atoms with van der Waals surface area (Å²) in [6.07, 6.45) is 0.560. The summed E-state index contributed by atoms with van der Waals surface area (Å²) in [5, 5.41) is 0.805. The summed E-state index contributed by atoms with van der Waals surface area (Å²) in [7, 11) is 3.09. The molecule has 1 atom stereocenters. The van der Waals surface area contributed by atoms with E-state index in [4.69, 9.17) is 37.4 Å². The lowest BCUT2D eigenvalue weighted by molar-refractivity contribution is -0.135. The summed E-state index contributed by atoms with van der Waals surface area (Å²) in [6.45, 7) is 0.146. The molecule has 3 aromatic carbocycles. The zero-order valence-corrected chi connectivity index (χ0v) is 19.6. The molecule has 0 radical (unpaired) electrons. The number of carbonyl (C=O) groups excluding carboxylic acids is 1. The number of benzene rings is 3. The van der Waals surface area contributed by atoms with E-state index in [-0.39, 0.29) is 23.1 Å². The molecule has 0 saturated carbocycles. The number of hydrogen-bond donors (Lipinski definition) is 0. The first-order chi connectivity index (χ1) is 15.9. The first-order valence-corrected chi connectivity index (χ1v) is 11.0. The van der Waals surface area contributed by atoms with Crippen molar-refractivity contribution < 1.29 is 23.4 Å². The van der Waals surface area contributed by atoms with E-state index in [1.165, 1.54) is 19.2 Å². The van der Waals surface area contributed by atoms with Gasteiger partial charge in [-0.1, -0.05) is 29.3 Å². The van der Waals surface area contributed by atoms with E-state index >= 15 is 4.39 Å². The number of amides is 1. The van der Waals surface area contributed by atoms with Crippen molar-refractivity contribution in [1.82, 2.24) is 4.90 Å². The van der Waals surface area contributed by atoms with Crippen molar-refractivity contribution in [1.29, 1.82) is 0 Å². The fourth-order valence-electron chi connectivity index (χ4n) is 4.06. The number of halogens is 3. The molecule has 0 N–H and O–H groups in total. The van der Waals surface area contributed by atoms with E-state index in [1.54, 1.807) is 48.4 Å². The van der Waals surface area contributed by atoms with Gasteiger partial charge < -0.3 is 19.1 Å². The molecule has 3 aromatic rings. The molecule has 5 nitrogen and oxygen atoms in total. The van der Waals surface area contributed by atoms with Crippen LogP contribution in [0.1, 0.15) is 22.7 Å². The van der Waals surface area contributed by atoms with Crippen molar-refractivity contribution in [3.8, 4) is 17.2 Å². The van der Waals surface area contributed by atoms with Gasteiger partial charge >= 0.3 is 0 Å². The zero-order valence-electron chi connectivity index (χ0n) is 18.1. The molecular formula is C25H22Cl2FNO4. The summed E-state index contributed by atoms with van der Waals surface area (Å²) in [4.78, 5) is 14.9. The maximum absolute atomic E-state index is 15.1.